The molecular weight excluding hydrogens is 458 g/mol. The van der Waals surface area contributed by atoms with E-state index in [4.69, 9.17) is 4.74 Å². The van der Waals surface area contributed by atoms with E-state index in [9.17, 15) is 10.1 Å². The lowest BCUT2D eigenvalue weighted by Crippen LogP contribution is -2.18. The molecule has 0 saturated heterocycles. The van der Waals surface area contributed by atoms with E-state index in [1.165, 1.54) is 17.8 Å². The number of rotatable bonds is 5. The zero-order valence-electron chi connectivity index (χ0n) is 14.9. The van der Waals surface area contributed by atoms with Crippen molar-refractivity contribution in [3.05, 3.63) is 75.3 Å². The van der Waals surface area contributed by atoms with Crippen LogP contribution in [0.2, 0.25) is 0 Å². The highest BCUT2D eigenvalue weighted by Crippen LogP contribution is 2.42. The fraction of sp³-hybridized carbons (Fsp3) is 0.105. The molecule has 1 aliphatic heterocycles. The summed E-state index contributed by atoms with van der Waals surface area (Å²) in [5.41, 5.74) is 2.24. The molecule has 3 aromatic rings. The number of benzene rings is 2. The minimum atomic E-state index is -0.827. The zero-order valence-corrected chi connectivity index (χ0v) is 17.3. The number of hydrogen-bond donors (Lipinski definition) is 1. The lowest BCUT2D eigenvalue weighted by atomic mass is 10.1. The Morgan fingerprint density at radius 1 is 1.31 bits per heavy atom. The molecular formula is C19H14BrN5O3S. The minimum Gasteiger partial charge on any atom is -0.447 e. The van der Waals surface area contributed by atoms with Crippen molar-refractivity contribution in [3.8, 4) is 17.1 Å². The molecule has 1 aromatic heterocycles. The van der Waals surface area contributed by atoms with Gasteiger partial charge >= 0.3 is 0 Å². The Kier molecular flexibility index (Phi) is 5.45. The van der Waals surface area contributed by atoms with Crippen LogP contribution in [-0.2, 0) is 0 Å². The van der Waals surface area contributed by atoms with E-state index in [2.05, 4.69) is 43.0 Å². The van der Waals surface area contributed by atoms with Gasteiger partial charge in [0.05, 0.1) is 10.5 Å². The molecule has 1 atom stereocenters. The quantitative estimate of drug-likeness (QED) is 0.240. The zero-order chi connectivity index (χ0) is 20.4. The summed E-state index contributed by atoms with van der Waals surface area (Å²) < 4.78 is 6.94. The lowest BCUT2D eigenvalue weighted by molar-refractivity contribution is -0.386. The van der Waals surface area contributed by atoms with Gasteiger partial charge < -0.3 is 10.1 Å². The standard InChI is InChI=1S/C19H14BrN5O3S/c1-2-9-29-19-22-18-16(23-24-19)13-10-11(20)7-8-14(13)21-17(28-18)12-5-3-4-6-15(12)25(26)27/h2-8,10,17,21H,1,9H2/t17-/m1/s1. The minimum absolute atomic E-state index is 0.0459. The van der Waals surface area contributed by atoms with E-state index in [1.807, 2.05) is 18.2 Å². The molecule has 146 valence electrons. The van der Waals surface area contributed by atoms with Crippen molar-refractivity contribution < 1.29 is 9.66 Å². The van der Waals surface area contributed by atoms with Gasteiger partial charge in [-0.2, -0.15) is 4.98 Å². The van der Waals surface area contributed by atoms with Gasteiger partial charge in [0.2, 0.25) is 17.3 Å². The molecule has 2 aromatic carbocycles. The van der Waals surface area contributed by atoms with Crippen LogP contribution in [0.1, 0.15) is 11.8 Å². The van der Waals surface area contributed by atoms with Crippen LogP contribution < -0.4 is 10.1 Å². The van der Waals surface area contributed by atoms with Gasteiger partial charge in [0.1, 0.15) is 0 Å². The van der Waals surface area contributed by atoms with E-state index in [0.717, 1.165) is 10.0 Å². The van der Waals surface area contributed by atoms with Gasteiger partial charge in [0.15, 0.2) is 5.69 Å². The van der Waals surface area contributed by atoms with Crippen molar-refractivity contribution in [2.24, 2.45) is 0 Å². The monoisotopic (exact) mass is 471 g/mol. The Labute approximate surface area is 178 Å². The van der Waals surface area contributed by atoms with Crippen LogP contribution in [-0.4, -0.2) is 25.9 Å². The molecule has 0 radical (unpaired) electrons. The van der Waals surface area contributed by atoms with Gasteiger partial charge in [-0.05, 0) is 24.3 Å². The summed E-state index contributed by atoms with van der Waals surface area (Å²) in [6.07, 6.45) is 0.914. The van der Waals surface area contributed by atoms with Crippen LogP contribution in [0.3, 0.4) is 0 Å². The third kappa shape index (κ3) is 3.94. The first kappa shape index (κ1) is 19.3. The third-order valence-electron chi connectivity index (χ3n) is 4.13. The van der Waals surface area contributed by atoms with E-state index >= 15 is 0 Å². The molecule has 2 heterocycles. The molecule has 0 bridgehead atoms. The van der Waals surface area contributed by atoms with E-state index < -0.39 is 11.2 Å². The van der Waals surface area contributed by atoms with Gasteiger partial charge in [-0.3, -0.25) is 10.1 Å². The fourth-order valence-electron chi connectivity index (χ4n) is 2.88. The second kappa shape index (κ2) is 8.18. The summed E-state index contributed by atoms with van der Waals surface area (Å²) in [6, 6.07) is 12.0. The summed E-state index contributed by atoms with van der Waals surface area (Å²) in [6.45, 7) is 3.69. The predicted octanol–water partition coefficient (Wildman–Crippen LogP) is 4.99. The molecule has 10 heteroatoms. The first-order valence-corrected chi connectivity index (χ1v) is 10.3. The van der Waals surface area contributed by atoms with Gasteiger partial charge in [0.25, 0.3) is 5.69 Å². The van der Waals surface area contributed by atoms with Crippen molar-refractivity contribution in [1.29, 1.82) is 0 Å². The van der Waals surface area contributed by atoms with E-state index in [1.54, 1.807) is 24.3 Å². The van der Waals surface area contributed by atoms with Crippen molar-refractivity contribution in [1.82, 2.24) is 15.2 Å². The number of para-hydroxylation sites is 1. The summed E-state index contributed by atoms with van der Waals surface area (Å²) in [7, 11) is 0. The molecule has 0 spiro atoms. The Bertz CT molecular complexity index is 1110. The third-order valence-corrected chi connectivity index (χ3v) is 5.46. The molecule has 4 rings (SSSR count). The van der Waals surface area contributed by atoms with Crippen LogP contribution in [0.25, 0.3) is 11.3 Å². The Morgan fingerprint density at radius 3 is 2.93 bits per heavy atom. The van der Waals surface area contributed by atoms with Crippen molar-refractivity contribution >= 4 is 39.1 Å². The number of thioether (sulfide) groups is 1. The number of nitro benzene ring substituents is 1. The first-order valence-electron chi connectivity index (χ1n) is 8.51. The molecule has 0 amide bonds. The normalized spacial score (nSPS) is 14.6. The van der Waals surface area contributed by atoms with Crippen molar-refractivity contribution in [2.45, 2.75) is 11.4 Å². The SMILES string of the molecule is C=CCSc1nnc2c(n1)O[C@H](c1ccccc1[N+](=O)[O-])Nc1ccc(Br)cc1-2. The lowest BCUT2D eigenvalue weighted by Gasteiger charge is -2.19. The molecule has 0 saturated carbocycles. The van der Waals surface area contributed by atoms with Crippen LogP contribution in [0.15, 0.2) is 64.7 Å². The number of anilines is 1. The number of ether oxygens (including phenoxy) is 1. The summed E-state index contributed by atoms with van der Waals surface area (Å²) >= 11 is 4.83. The van der Waals surface area contributed by atoms with Gasteiger partial charge in [-0.25, -0.2) is 0 Å². The first-order chi connectivity index (χ1) is 14.1. The number of fused-ring (bicyclic) bond motifs is 3. The van der Waals surface area contributed by atoms with E-state index in [0.29, 0.717) is 27.9 Å². The van der Waals surface area contributed by atoms with Gasteiger partial charge in [0, 0.05) is 27.5 Å². The number of halogens is 1. The highest BCUT2D eigenvalue weighted by atomic mass is 79.9. The summed E-state index contributed by atoms with van der Waals surface area (Å²) in [4.78, 5) is 15.6. The summed E-state index contributed by atoms with van der Waals surface area (Å²) in [5.74, 6) is 0.869. The smallest absolute Gasteiger partial charge is 0.278 e. The van der Waals surface area contributed by atoms with Crippen LogP contribution in [0.5, 0.6) is 5.88 Å². The number of hydrogen-bond acceptors (Lipinski definition) is 8. The Morgan fingerprint density at radius 2 is 2.14 bits per heavy atom. The second-order valence-electron chi connectivity index (χ2n) is 6.00. The Balaban J connectivity index is 1.86. The molecule has 0 aliphatic carbocycles. The molecule has 0 unspecified atom stereocenters. The second-order valence-corrected chi connectivity index (χ2v) is 7.90. The highest BCUT2D eigenvalue weighted by Gasteiger charge is 2.30. The number of nitrogens with zero attached hydrogens (tertiary/aromatic N) is 4. The molecule has 29 heavy (non-hydrogen) atoms. The number of aromatic nitrogens is 3. The predicted molar refractivity (Wildman–Crippen MR) is 114 cm³/mol. The molecule has 0 fully saturated rings. The average molecular weight is 472 g/mol. The van der Waals surface area contributed by atoms with Crippen molar-refractivity contribution in [2.75, 3.05) is 11.1 Å². The van der Waals surface area contributed by atoms with Gasteiger partial charge in [-0.15, -0.1) is 16.8 Å². The molecule has 1 aliphatic rings. The largest absolute Gasteiger partial charge is 0.447 e. The van der Waals surface area contributed by atoms with Crippen molar-refractivity contribution in [3.63, 3.8) is 0 Å². The maximum Gasteiger partial charge on any atom is 0.278 e. The molecule has 8 nitrogen and oxygen atoms in total. The highest BCUT2D eigenvalue weighted by molar-refractivity contribution is 9.10. The van der Waals surface area contributed by atoms with Gasteiger partial charge in [-0.1, -0.05) is 45.9 Å². The summed E-state index contributed by atoms with van der Waals surface area (Å²) in [5, 5.41) is 23.7. The molecule has 1 N–H and O–H groups in total. The average Bonchev–Trinajstić information content (AvgIpc) is 2.88. The van der Waals surface area contributed by atoms with Crippen LogP contribution >= 0.6 is 27.7 Å². The fourth-order valence-corrected chi connectivity index (χ4v) is 3.75. The Hall–Kier alpha value is -2.98. The maximum atomic E-state index is 11.5. The topological polar surface area (TPSA) is 103 Å². The maximum absolute atomic E-state index is 11.5. The van der Waals surface area contributed by atoms with Crippen LogP contribution in [0.4, 0.5) is 11.4 Å². The van der Waals surface area contributed by atoms with Crippen LogP contribution in [0, 0.1) is 10.1 Å². The number of nitro groups is 1. The number of nitrogens with one attached hydrogen (secondary N) is 1. The van der Waals surface area contributed by atoms with E-state index in [-0.39, 0.29) is 11.6 Å².